The number of hydrogen-bond donors (Lipinski definition) is 0. The molecule has 0 aromatic heterocycles. The first-order valence-corrected chi connectivity index (χ1v) is 6.82. The maximum absolute atomic E-state index is 5.29. The summed E-state index contributed by atoms with van der Waals surface area (Å²) in [5, 5.41) is 0. The van der Waals surface area contributed by atoms with Gasteiger partial charge in [-0.3, -0.25) is 0 Å². The molecule has 0 heterocycles. The van der Waals surface area contributed by atoms with Gasteiger partial charge < -0.3 is 4.74 Å². The van der Waals surface area contributed by atoms with E-state index in [1.54, 1.807) is 7.11 Å². The summed E-state index contributed by atoms with van der Waals surface area (Å²) in [6.45, 7) is 6.39. The first kappa shape index (κ1) is 13.0. The van der Waals surface area contributed by atoms with Gasteiger partial charge in [-0.15, -0.1) is 0 Å². The molecule has 0 aliphatic carbocycles. The maximum Gasteiger partial charge on any atom is 0.121 e. The number of aryl methyl sites for hydroxylation is 3. The molecule has 2 aromatic carbocycles. The van der Waals surface area contributed by atoms with Crippen LogP contribution in [0.4, 0.5) is 0 Å². The summed E-state index contributed by atoms with van der Waals surface area (Å²) in [6.07, 6.45) is 0. The van der Waals surface area contributed by atoms with Gasteiger partial charge in [0.15, 0.2) is 0 Å². The Hall–Kier alpha value is -1.41. The van der Waals surface area contributed by atoms with Crippen LogP contribution in [0.1, 0.15) is 16.7 Å². The van der Waals surface area contributed by atoms with Crippen LogP contribution in [0, 0.1) is 20.8 Å². The largest absolute Gasteiger partial charge is 0.496 e. The molecule has 0 atom stereocenters. The first-order chi connectivity index (χ1) is 8.61. The van der Waals surface area contributed by atoms with Crippen LogP contribution in [0.2, 0.25) is 0 Å². The van der Waals surface area contributed by atoms with Crippen LogP contribution in [-0.2, 0) is 0 Å². The minimum absolute atomic E-state index is 0.945. The molecule has 1 nitrogen and oxygen atoms in total. The summed E-state index contributed by atoms with van der Waals surface area (Å²) in [4.78, 5) is 2.60. The summed E-state index contributed by atoms with van der Waals surface area (Å²) in [5.41, 5.74) is 3.83. The van der Waals surface area contributed by atoms with Crippen LogP contribution in [0.3, 0.4) is 0 Å². The number of methoxy groups -OCH3 is 1. The van der Waals surface area contributed by atoms with E-state index in [1.165, 1.54) is 26.5 Å². The molecule has 2 heteroatoms. The Morgan fingerprint density at radius 2 is 1.56 bits per heavy atom. The molecule has 18 heavy (non-hydrogen) atoms. The van der Waals surface area contributed by atoms with Gasteiger partial charge in [0.25, 0.3) is 0 Å². The third kappa shape index (κ3) is 2.70. The maximum atomic E-state index is 5.29. The van der Waals surface area contributed by atoms with Gasteiger partial charge in [0.05, 0.1) is 7.11 Å². The third-order valence-corrected chi connectivity index (χ3v) is 4.33. The highest BCUT2D eigenvalue weighted by molar-refractivity contribution is 7.99. The predicted octanol–water partition coefficient (Wildman–Crippen LogP) is 4.77. The molecule has 0 aliphatic heterocycles. The quantitative estimate of drug-likeness (QED) is 0.784. The summed E-state index contributed by atoms with van der Waals surface area (Å²) >= 11 is 1.82. The zero-order valence-corrected chi connectivity index (χ0v) is 12.1. The highest BCUT2D eigenvalue weighted by atomic mass is 32.2. The monoisotopic (exact) mass is 258 g/mol. The van der Waals surface area contributed by atoms with Gasteiger partial charge >= 0.3 is 0 Å². The van der Waals surface area contributed by atoms with Gasteiger partial charge in [-0.2, -0.15) is 0 Å². The van der Waals surface area contributed by atoms with Crippen molar-refractivity contribution in [2.45, 2.75) is 30.6 Å². The second-order valence-corrected chi connectivity index (χ2v) is 5.54. The SMILES string of the molecule is COc1ccc(Sc2c(C)cccc2C)cc1C. The molecule has 0 amide bonds. The molecule has 0 unspecified atom stereocenters. The van der Waals surface area contributed by atoms with Crippen LogP contribution in [-0.4, -0.2) is 7.11 Å². The van der Waals surface area contributed by atoms with Crippen LogP contribution in [0.15, 0.2) is 46.2 Å². The topological polar surface area (TPSA) is 9.23 Å². The minimum atomic E-state index is 0.945. The molecule has 0 saturated carbocycles. The van der Waals surface area contributed by atoms with E-state index < -0.39 is 0 Å². The molecular weight excluding hydrogens is 240 g/mol. The molecule has 2 aromatic rings. The average Bonchev–Trinajstić information content (AvgIpc) is 2.34. The fourth-order valence-electron chi connectivity index (χ4n) is 1.99. The van der Waals surface area contributed by atoms with E-state index in [2.05, 4.69) is 51.1 Å². The van der Waals surface area contributed by atoms with Crippen molar-refractivity contribution in [1.82, 2.24) is 0 Å². The Labute approximate surface area is 113 Å². The van der Waals surface area contributed by atoms with Crippen molar-refractivity contribution in [2.24, 2.45) is 0 Å². The minimum Gasteiger partial charge on any atom is -0.496 e. The van der Waals surface area contributed by atoms with Crippen molar-refractivity contribution in [3.05, 3.63) is 53.1 Å². The molecule has 0 radical (unpaired) electrons. The second-order valence-electron chi connectivity index (χ2n) is 4.45. The second kappa shape index (κ2) is 5.49. The lowest BCUT2D eigenvalue weighted by molar-refractivity contribution is 0.411. The van der Waals surface area contributed by atoms with Crippen LogP contribution in [0.25, 0.3) is 0 Å². The highest BCUT2D eigenvalue weighted by Crippen LogP contribution is 2.34. The molecule has 0 N–H and O–H groups in total. The van der Waals surface area contributed by atoms with Crippen molar-refractivity contribution >= 4 is 11.8 Å². The lowest BCUT2D eigenvalue weighted by Crippen LogP contribution is -1.88. The van der Waals surface area contributed by atoms with E-state index >= 15 is 0 Å². The molecule has 0 spiro atoms. The van der Waals surface area contributed by atoms with Crippen molar-refractivity contribution in [3.63, 3.8) is 0 Å². The van der Waals surface area contributed by atoms with E-state index in [0.29, 0.717) is 0 Å². The van der Waals surface area contributed by atoms with Gasteiger partial charge in [0, 0.05) is 9.79 Å². The lowest BCUT2D eigenvalue weighted by Gasteiger charge is -2.11. The fraction of sp³-hybridized carbons (Fsp3) is 0.250. The summed E-state index contributed by atoms with van der Waals surface area (Å²) in [6, 6.07) is 12.7. The zero-order valence-electron chi connectivity index (χ0n) is 11.3. The molecule has 0 fully saturated rings. The van der Waals surface area contributed by atoms with Crippen LogP contribution < -0.4 is 4.74 Å². The Bertz CT molecular complexity index is 541. The molecule has 0 saturated heterocycles. The van der Waals surface area contributed by atoms with Crippen molar-refractivity contribution in [2.75, 3.05) is 7.11 Å². The Balaban J connectivity index is 2.32. The summed E-state index contributed by atoms with van der Waals surface area (Å²) < 4.78 is 5.29. The summed E-state index contributed by atoms with van der Waals surface area (Å²) in [5.74, 6) is 0.945. The fourth-order valence-corrected chi connectivity index (χ4v) is 3.06. The van der Waals surface area contributed by atoms with E-state index in [0.717, 1.165) is 5.75 Å². The van der Waals surface area contributed by atoms with E-state index in [-0.39, 0.29) is 0 Å². The standard InChI is InChI=1S/C16H18OS/c1-11-6-5-7-12(2)16(11)18-14-8-9-15(17-4)13(3)10-14/h5-10H,1-4H3. The third-order valence-electron chi connectivity index (χ3n) is 2.99. The van der Waals surface area contributed by atoms with Gasteiger partial charge in [0.1, 0.15) is 5.75 Å². The van der Waals surface area contributed by atoms with Gasteiger partial charge in [-0.25, -0.2) is 0 Å². The molecular formula is C16H18OS. The highest BCUT2D eigenvalue weighted by Gasteiger charge is 2.06. The molecule has 0 bridgehead atoms. The average molecular weight is 258 g/mol. The Morgan fingerprint density at radius 3 is 2.11 bits per heavy atom. The smallest absolute Gasteiger partial charge is 0.121 e. The van der Waals surface area contributed by atoms with Crippen molar-refractivity contribution in [3.8, 4) is 5.75 Å². The number of rotatable bonds is 3. The van der Waals surface area contributed by atoms with E-state index in [4.69, 9.17) is 4.74 Å². The van der Waals surface area contributed by atoms with Crippen molar-refractivity contribution < 1.29 is 4.74 Å². The zero-order chi connectivity index (χ0) is 13.1. The van der Waals surface area contributed by atoms with E-state index in [1.807, 2.05) is 17.8 Å². The van der Waals surface area contributed by atoms with Crippen LogP contribution >= 0.6 is 11.8 Å². The number of hydrogen-bond acceptors (Lipinski definition) is 2. The van der Waals surface area contributed by atoms with Crippen molar-refractivity contribution in [1.29, 1.82) is 0 Å². The Morgan fingerprint density at radius 1 is 0.889 bits per heavy atom. The van der Waals surface area contributed by atoms with Crippen LogP contribution in [0.5, 0.6) is 5.75 Å². The molecule has 94 valence electrons. The van der Waals surface area contributed by atoms with Gasteiger partial charge in [-0.05, 0) is 55.7 Å². The summed E-state index contributed by atoms with van der Waals surface area (Å²) in [7, 11) is 1.71. The predicted molar refractivity (Wildman–Crippen MR) is 77.8 cm³/mol. The normalized spacial score (nSPS) is 10.4. The number of benzene rings is 2. The molecule has 0 aliphatic rings. The molecule has 2 rings (SSSR count). The van der Waals surface area contributed by atoms with Gasteiger partial charge in [0.2, 0.25) is 0 Å². The Kier molecular flexibility index (Phi) is 3.97. The lowest BCUT2D eigenvalue weighted by atomic mass is 10.2. The first-order valence-electron chi connectivity index (χ1n) is 6.00. The number of ether oxygens (including phenoxy) is 1. The van der Waals surface area contributed by atoms with Gasteiger partial charge in [-0.1, -0.05) is 30.0 Å². The van der Waals surface area contributed by atoms with E-state index in [9.17, 15) is 0 Å².